The fourth-order valence-corrected chi connectivity index (χ4v) is 3.39. The van der Waals surface area contributed by atoms with Crippen molar-refractivity contribution in [2.75, 3.05) is 20.1 Å². The van der Waals surface area contributed by atoms with Crippen LogP contribution < -0.4 is 5.32 Å². The van der Waals surface area contributed by atoms with Crippen molar-refractivity contribution < 1.29 is 0 Å². The molecule has 0 bridgehead atoms. The van der Waals surface area contributed by atoms with Crippen LogP contribution in [0.15, 0.2) is 10.9 Å². The Morgan fingerprint density at radius 3 is 3.12 bits per heavy atom. The molecule has 0 saturated heterocycles. The van der Waals surface area contributed by atoms with Gasteiger partial charge in [-0.1, -0.05) is 13.3 Å². The molecule has 1 aliphatic carbocycles. The fourth-order valence-electron chi connectivity index (χ4n) is 2.84. The Labute approximate surface area is 108 Å². The van der Waals surface area contributed by atoms with E-state index in [9.17, 15) is 0 Å². The van der Waals surface area contributed by atoms with E-state index in [2.05, 4.69) is 34.6 Å². The number of hydrogen-bond acceptors (Lipinski definition) is 4. The van der Waals surface area contributed by atoms with E-state index in [1.54, 1.807) is 11.3 Å². The predicted octanol–water partition coefficient (Wildman–Crippen LogP) is 2.35. The molecule has 1 fully saturated rings. The maximum atomic E-state index is 4.35. The summed E-state index contributed by atoms with van der Waals surface area (Å²) in [5, 5.41) is 5.76. The summed E-state index contributed by atoms with van der Waals surface area (Å²) in [6.07, 6.45) is 4.11. The molecule has 1 heterocycles. The van der Waals surface area contributed by atoms with Gasteiger partial charge in [0.2, 0.25) is 0 Å². The van der Waals surface area contributed by atoms with Crippen LogP contribution in [0.2, 0.25) is 0 Å². The first kappa shape index (κ1) is 13.0. The molecule has 0 aliphatic heterocycles. The highest BCUT2D eigenvalue weighted by Crippen LogP contribution is 2.26. The standard InChI is InChI=1S/C13H23N3S/c1-3-14-13-6-4-5-11(13)7-16(2)8-12-9-17-10-15-12/h9-11,13-14H,3-8H2,1-2H3. The molecule has 2 atom stereocenters. The topological polar surface area (TPSA) is 28.2 Å². The number of nitrogens with zero attached hydrogens (tertiary/aromatic N) is 2. The van der Waals surface area contributed by atoms with Gasteiger partial charge in [0.25, 0.3) is 0 Å². The van der Waals surface area contributed by atoms with Crippen LogP contribution in [0.25, 0.3) is 0 Å². The summed E-state index contributed by atoms with van der Waals surface area (Å²) < 4.78 is 0. The summed E-state index contributed by atoms with van der Waals surface area (Å²) in [4.78, 5) is 6.76. The van der Waals surface area contributed by atoms with Gasteiger partial charge in [0, 0.05) is 24.5 Å². The van der Waals surface area contributed by atoms with E-state index in [0.29, 0.717) is 0 Å². The summed E-state index contributed by atoms with van der Waals surface area (Å²) in [6, 6.07) is 0.734. The normalized spacial score (nSPS) is 24.6. The molecular weight excluding hydrogens is 230 g/mol. The van der Waals surface area contributed by atoms with E-state index >= 15 is 0 Å². The van der Waals surface area contributed by atoms with Gasteiger partial charge in [0.1, 0.15) is 0 Å². The third kappa shape index (κ3) is 3.76. The van der Waals surface area contributed by atoms with Crippen LogP contribution in [0.3, 0.4) is 0 Å². The fraction of sp³-hybridized carbons (Fsp3) is 0.769. The number of hydrogen-bond donors (Lipinski definition) is 1. The molecule has 3 nitrogen and oxygen atoms in total. The van der Waals surface area contributed by atoms with Gasteiger partial charge in [-0.3, -0.25) is 0 Å². The van der Waals surface area contributed by atoms with E-state index in [0.717, 1.165) is 25.0 Å². The summed E-state index contributed by atoms with van der Waals surface area (Å²) >= 11 is 1.68. The monoisotopic (exact) mass is 253 g/mol. The molecule has 2 unspecified atom stereocenters. The molecule has 1 N–H and O–H groups in total. The molecule has 0 spiro atoms. The second kappa shape index (κ2) is 6.47. The van der Waals surface area contributed by atoms with Crippen molar-refractivity contribution in [3.05, 3.63) is 16.6 Å². The first-order valence-corrected chi connectivity index (χ1v) is 7.53. The lowest BCUT2D eigenvalue weighted by molar-refractivity contribution is 0.244. The Morgan fingerprint density at radius 2 is 2.41 bits per heavy atom. The lowest BCUT2D eigenvalue weighted by Crippen LogP contribution is -2.38. The second-order valence-electron chi connectivity index (χ2n) is 5.03. The van der Waals surface area contributed by atoms with Crippen LogP contribution in [-0.4, -0.2) is 36.1 Å². The van der Waals surface area contributed by atoms with E-state index in [1.165, 1.54) is 31.5 Å². The van der Waals surface area contributed by atoms with E-state index in [4.69, 9.17) is 0 Å². The van der Waals surface area contributed by atoms with Gasteiger partial charge in [-0.25, -0.2) is 4.98 Å². The molecule has 96 valence electrons. The highest BCUT2D eigenvalue weighted by Gasteiger charge is 2.27. The quantitative estimate of drug-likeness (QED) is 0.843. The predicted molar refractivity (Wildman–Crippen MR) is 73.3 cm³/mol. The number of thiazole rings is 1. The first-order valence-electron chi connectivity index (χ1n) is 6.58. The summed E-state index contributed by atoms with van der Waals surface area (Å²) in [5.74, 6) is 0.818. The maximum Gasteiger partial charge on any atom is 0.0795 e. The molecule has 1 aromatic heterocycles. The van der Waals surface area contributed by atoms with Gasteiger partial charge in [-0.05, 0) is 32.4 Å². The average Bonchev–Trinajstić information content (AvgIpc) is 2.92. The minimum Gasteiger partial charge on any atom is -0.314 e. The minimum atomic E-state index is 0.734. The van der Waals surface area contributed by atoms with Gasteiger partial charge in [-0.2, -0.15) is 0 Å². The van der Waals surface area contributed by atoms with Crippen LogP contribution in [0, 0.1) is 5.92 Å². The van der Waals surface area contributed by atoms with Crippen molar-refractivity contribution in [3.8, 4) is 0 Å². The Kier molecular flexibility index (Phi) is 4.95. The zero-order chi connectivity index (χ0) is 12.1. The zero-order valence-electron chi connectivity index (χ0n) is 10.9. The number of rotatable bonds is 6. The summed E-state index contributed by atoms with van der Waals surface area (Å²) in [7, 11) is 2.21. The van der Waals surface area contributed by atoms with Gasteiger partial charge in [0.05, 0.1) is 11.2 Å². The van der Waals surface area contributed by atoms with Crippen LogP contribution in [0.4, 0.5) is 0 Å². The molecule has 1 aliphatic rings. The molecule has 17 heavy (non-hydrogen) atoms. The maximum absolute atomic E-state index is 4.35. The zero-order valence-corrected chi connectivity index (χ0v) is 11.7. The van der Waals surface area contributed by atoms with Crippen molar-refractivity contribution >= 4 is 11.3 Å². The number of nitrogens with one attached hydrogen (secondary N) is 1. The first-order chi connectivity index (χ1) is 8.29. The molecule has 1 aromatic rings. The molecule has 0 radical (unpaired) electrons. The average molecular weight is 253 g/mol. The van der Waals surface area contributed by atoms with Gasteiger partial charge in [0.15, 0.2) is 0 Å². The van der Waals surface area contributed by atoms with Crippen LogP contribution in [-0.2, 0) is 6.54 Å². The highest BCUT2D eigenvalue weighted by atomic mass is 32.1. The molecule has 1 saturated carbocycles. The van der Waals surface area contributed by atoms with Crippen molar-refractivity contribution in [2.45, 2.75) is 38.8 Å². The van der Waals surface area contributed by atoms with Gasteiger partial charge < -0.3 is 10.2 Å². The SMILES string of the molecule is CCNC1CCCC1CN(C)Cc1cscn1. The highest BCUT2D eigenvalue weighted by molar-refractivity contribution is 7.07. The lowest BCUT2D eigenvalue weighted by atomic mass is 10.0. The Hall–Kier alpha value is -0.450. The molecule has 4 heteroatoms. The summed E-state index contributed by atoms with van der Waals surface area (Å²) in [6.45, 7) is 5.47. The largest absolute Gasteiger partial charge is 0.314 e. The van der Waals surface area contributed by atoms with Crippen molar-refractivity contribution in [1.29, 1.82) is 0 Å². The molecular formula is C13H23N3S. The van der Waals surface area contributed by atoms with Crippen LogP contribution >= 0.6 is 11.3 Å². The van der Waals surface area contributed by atoms with Crippen LogP contribution in [0.5, 0.6) is 0 Å². The molecule has 0 aromatic carbocycles. The Morgan fingerprint density at radius 1 is 1.53 bits per heavy atom. The van der Waals surface area contributed by atoms with Gasteiger partial charge in [-0.15, -0.1) is 11.3 Å². The Balaban J connectivity index is 1.79. The number of aromatic nitrogens is 1. The Bertz CT molecular complexity index is 312. The van der Waals surface area contributed by atoms with Crippen LogP contribution in [0.1, 0.15) is 31.9 Å². The van der Waals surface area contributed by atoms with Crippen molar-refractivity contribution in [1.82, 2.24) is 15.2 Å². The minimum absolute atomic E-state index is 0.734. The van der Waals surface area contributed by atoms with E-state index in [-0.39, 0.29) is 0 Å². The molecule has 0 amide bonds. The van der Waals surface area contributed by atoms with E-state index in [1.807, 2.05) is 5.51 Å². The summed E-state index contributed by atoms with van der Waals surface area (Å²) in [5.41, 5.74) is 3.12. The third-order valence-electron chi connectivity index (χ3n) is 3.59. The van der Waals surface area contributed by atoms with Gasteiger partial charge >= 0.3 is 0 Å². The smallest absolute Gasteiger partial charge is 0.0795 e. The second-order valence-corrected chi connectivity index (χ2v) is 5.75. The molecule has 2 rings (SSSR count). The lowest BCUT2D eigenvalue weighted by Gasteiger charge is -2.25. The van der Waals surface area contributed by atoms with Crippen molar-refractivity contribution in [2.24, 2.45) is 5.92 Å². The van der Waals surface area contributed by atoms with E-state index < -0.39 is 0 Å². The van der Waals surface area contributed by atoms with Crippen molar-refractivity contribution in [3.63, 3.8) is 0 Å². The third-order valence-corrected chi connectivity index (χ3v) is 4.22.